The maximum absolute atomic E-state index is 13.9. The first-order chi connectivity index (χ1) is 9.36. The Hall–Kier alpha value is -1.47. The van der Waals surface area contributed by atoms with Crippen LogP contribution in [0, 0.1) is 5.82 Å². The van der Waals surface area contributed by atoms with E-state index in [1.807, 2.05) is 6.92 Å². The zero-order chi connectivity index (χ0) is 15.3. The summed E-state index contributed by atoms with van der Waals surface area (Å²) >= 11 is 3.11. The largest absolute Gasteiger partial charge is 0.480 e. The van der Waals surface area contributed by atoms with E-state index in [4.69, 9.17) is 10.8 Å². The van der Waals surface area contributed by atoms with Gasteiger partial charge in [-0.2, -0.15) is 0 Å². The highest BCUT2D eigenvalue weighted by Gasteiger charge is 2.27. The third kappa shape index (κ3) is 4.28. The molecule has 1 aromatic rings. The highest BCUT2D eigenvalue weighted by atomic mass is 79.9. The second-order valence-corrected chi connectivity index (χ2v) is 5.26. The fourth-order valence-electron chi connectivity index (χ4n) is 1.83. The van der Waals surface area contributed by atoms with Crippen molar-refractivity contribution >= 4 is 27.8 Å². The van der Waals surface area contributed by atoms with E-state index in [0.29, 0.717) is 17.3 Å². The third-order valence-electron chi connectivity index (χ3n) is 2.80. The van der Waals surface area contributed by atoms with Gasteiger partial charge in [-0.1, -0.05) is 35.3 Å². The number of carbonyl (C=O) groups is 2. The maximum Gasteiger partial charge on any atom is 0.320 e. The maximum atomic E-state index is 13.9. The van der Waals surface area contributed by atoms with Gasteiger partial charge in [0.1, 0.15) is 17.9 Å². The number of amides is 1. The number of rotatable bonds is 7. The van der Waals surface area contributed by atoms with Gasteiger partial charge in [-0.15, -0.1) is 0 Å². The van der Waals surface area contributed by atoms with Crippen LogP contribution in [0.5, 0.6) is 0 Å². The smallest absolute Gasteiger partial charge is 0.320 e. The SMILES string of the molecule is CCCC(NC(C(N)=O)c1ccc(Br)cc1F)C(=O)O. The molecule has 0 heterocycles. The van der Waals surface area contributed by atoms with Crippen molar-refractivity contribution in [1.82, 2.24) is 5.32 Å². The first-order valence-electron chi connectivity index (χ1n) is 6.10. The van der Waals surface area contributed by atoms with E-state index >= 15 is 0 Å². The molecular formula is C13H16BrFN2O3. The number of carbonyl (C=O) groups excluding carboxylic acids is 1. The van der Waals surface area contributed by atoms with Gasteiger partial charge in [0, 0.05) is 10.0 Å². The molecule has 110 valence electrons. The molecule has 0 bridgehead atoms. The summed E-state index contributed by atoms with van der Waals surface area (Å²) in [5, 5.41) is 11.7. The average Bonchev–Trinajstić information content (AvgIpc) is 2.34. The molecule has 5 nitrogen and oxygen atoms in total. The molecule has 1 rings (SSSR count). The van der Waals surface area contributed by atoms with Crippen LogP contribution in [0.4, 0.5) is 4.39 Å². The molecule has 0 aliphatic carbocycles. The molecule has 0 spiro atoms. The van der Waals surface area contributed by atoms with Crippen LogP contribution in [0.2, 0.25) is 0 Å². The number of hydrogen-bond donors (Lipinski definition) is 3. The van der Waals surface area contributed by atoms with Gasteiger partial charge in [-0.3, -0.25) is 14.9 Å². The average molecular weight is 347 g/mol. The minimum Gasteiger partial charge on any atom is -0.480 e. The number of nitrogens with one attached hydrogen (secondary N) is 1. The third-order valence-corrected chi connectivity index (χ3v) is 3.29. The molecule has 1 amide bonds. The molecule has 0 aromatic heterocycles. The molecule has 1 aromatic carbocycles. The Balaban J connectivity index is 3.05. The highest BCUT2D eigenvalue weighted by molar-refractivity contribution is 9.10. The van der Waals surface area contributed by atoms with E-state index in [9.17, 15) is 14.0 Å². The fraction of sp³-hybridized carbons (Fsp3) is 0.385. The highest BCUT2D eigenvalue weighted by Crippen LogP contribution is 2.22. The summed E-state index contributed by atoms with van der Waals surface area (Å²) in [6, 6.07) is 2.01. The summed E-state index contributed by atoms with van der Waals surface area (Å²) in [4.78, 5) is 22.6. The summed E-state index contributed by atoms with van der Waals surface area (Å²) in [7, 11) is 0. The van der Waals surface area contributed by atoms with E-state index in [0.717, 1.165) is 0 Å². The quantitative estimate of drug-likeness (QED) is 0.703. The zero-order valence-electron chi connectivity index (χ0n) is 10.9. The van der Waals surface area contributed by atoms with Crippen molar-refractivity contribution in [2.75, 3.05) is 0 Å². The van der Waals surface area contributed by atoms with Crippen LogP contribution >= 0.6 is 15.9 Å². The van der Waals surface area contributed by atoms with Crippen LogP contribution in [-0.2, 0) is 9.59 Å². The Bertz CT molecular complexity index is 510. The van der Waals surface area contributed by atoms with Crippen molar-refractivity contribution in [2.24, 2.45) is 5.73 Å². The second kappa shape index (κ2) is 7.35. The number of primary amides is 1. The Kier molecular flexibility index (Phi) is 6.09. The van der Waals surface area contributed by atoms with Gasteiger partial charge in [-0.25, -0.2) is 4.39 Å². The van der Waals surface area contributed by atoms with Gasteiger partial charge >= 0.3 is 5.97 Å². The lowest BCUT2D eigenvalue weighted by molar-refractivity contribution is -0.140. The summed E-state index contributed by atoms with van der Waals surface area (Å²) < 4.78 is 14.4. The van der Waals surface area contributed by atoms with Crippen molar-refractivity contribution in [3.05, 3.63) is 34.1 Å². The second-order valence-electron chi connectivity index (χ2n) is 4.35. The van der Waals surface area contributed by atoms with E-state index in [1.165, 1.54) is 12.1 Å². The summed E-state index contributed by atoms with van der Waals surface area (Å²) in [6.45, 7) is 1.82. The number of hydrogen-bond acceptors (Lipinski definition) is 3. The van der Waals surface area contributed by atoms with E-state index in [1.54, 1.807) is 6.07 Å². The first-order valence-corrected chi connectivity index (χ1v) is 6.89. The van der Waals surface area contributed by atoms with Crippen LogP contribution < -0.4 is 11.1 Å². The van der Waals surface area contributed by atoms with Gasteiger partial charge in [0.25, 0.3) is 0 Å². The number of nitrogens with two attached hydrogens (primary N) is 1. The van der Waals surface area contributed by atoms with E-state index in [2.05, 4.69) is 21.2 Å². The van der Waals surface area contributed by atoms with Crippen LogP contribution in [0.3, 0.4) is 0 Å². The summed E-state index contributed by atoms with van der Waals surface area (Å²) in [6.07, 6.45) is 0.926. The minimum absolute atomic E-state index is 0.0306. The van der Waals surface area contributed by atoms with Crippen LogP contribution in [0.25, 0.3) is 0 Å². The monoisotopic (exact) mass is 346 g/mol. The Labute approximate surface area is 124 Å². The minimum atomic E-state index is -1.18. The fourth-order valence-corrected chi connectivity index (χ4v) is 2.16. The number of benzene rings is 1. The molecule has 0 fully saturated rings. The molecular weight excluding hydrogens is 331 g/mol. The predicted octanol–water partition coefficient (Wildman–Crippen LogP) is 1.96. The van der Waals surface area contributed by atoms with Crippen molar-refractivity contribution in [3.8, 4) is 0 Å². The lowest BCUT2D eigenvalue weighted by Crippen LogP contribution is -2.44. The molecule has 0 radical (unpaired) electrons. The molecule has 0 aliphatic heterocycles. The van der Waals surface area contributed by atoms with Gasteiger partial charge in [0.05, 0.1) is 0 Å². The predicted molar refractivity (Wildman–Crippen MR) is 75.5 cm³/mol. The molecule has 7 heteroatoms. The lowest BCUT2D eigenvalue weighted by atomic mass is 10.0. The molecule has 2 atom stereocenters. The van der Waals surface area contributed by atoms with Gasteiger partial charge in [0.15, 0.2) is 0 Å². The van der Waals surface area contributed by atoms with Crippen molar-refractivity contribution < 1.29 is 19.1 Å². The Morgan fingerprint density at radius 1 is 1.50 bits per heavy atom. The van der Waals surface area contributed by atoms with Crippen LogP contribution in [0.15, 0.2) is 22.7 Å². The zero-order valence-corrected chi connectivity index (χ0v) is 12.5. The standard InChI is InChI=1S/C13H16BrFN2O3/c1-2-3-10(13(19)20)17-11(12(16)18)8-5-4-7(14)6-9(8)15/h4-6,10-11,17H,2-3H2,1H3,(H2,16,18)(H,19,20). The molecule has 0 saturated heterocycles. The van der Waals surface area contributed by atoms with Gasteiger partial charge < -0.3 is 10.8 Å². The summed E-state index contributed by atoms with van der Waals surface area (Å²) in [5.74, 6) is -2.56. The van der Waals surface area contributed by atoms with E-state index < -0.39 is 29.8 Å². The van der Waals surface area contributed by atoms with E-state index in [-0.39, 0.29) is 5.56 Å². The van der Waals surface area contributed by atoms with Gasteiger partial charge in [-0.05, 0) is 18.6 Å². The Morgan fingerprint density at radius 2 is 2.15 bits per heavy atom. The van der Waals surface area contributed by atoms with Crippen molar-refractivity contribution in [2.45, 2.75) is 31.8 Å². The lowest BCUT2D eigenvalue weighted by Gasteiger charge is -2.21. The number of halogens is 2. The van der Waals surface area contributed by atoms with Gasteiger partial charge in [0.2, 0.25) is 5.91 Å². The first kappa shape index (κ1) is 16.6. The molecule has 20 heavy (non-hydrogen) atoms. The molecule has 4 N–H and O–H groups in total. The number of aliphatic carboxylic acids is 1. The Morgan fingerprint density at radius 3 is 2.60 bits per heavy atom. The molecule has 0 saturated carbocycles. The molecule has 2 unspecified atom stereocenters. The molecule has 0 aliphatic rings. The van der Waals surface area contributed by atoms with Crippen molar-refractivity contribution in [1.29, 1.82) is 0 Å². The normalized spacial score (nSPS) is 13.8. The topological polar surface area (TPSA) is 92.4 Å². The van der Waals surface area contributed by atoms with Crippen LogP contribution in [0.1, 0.15) is 31.4 Å². The number of carboxylic acids is 1. The number of carboxylic acid groups (broad SMARTS) is 1. The summed E-state index contributed by atoms with van der Waals surface area (Å²) in [5.41, 5.74) is 5.28. The van der Waals surface area contributed by atoms with Crippen LogP contribution in [-0.4, -0.2) is 23.0 Å². The van der Waals surface area contributed by atoms with Crippen molar-refractivity contribution in [3.63, 3.8) is 0 Å².